The third kappa shape index (κ3) is 1.38. The first-order valence-electron chi connectivity index (χ1n) is 1.87. The molecule has 5 heteroatoms. The van der Waals surface area contributed by atoms with E-state index in [-0.39, 0.29) is 24.9 Å². The van der Waals surface area contributed by atoms with Crippen LogP contribution in [0.5, 0.6) is 0 Å². The number of urea groups is 1. The molecular weight excluding hydrogens is 131 g/mol. The minimum absolute atomic E-state index is 0. The van der Waals surface area contributed by atoms with Gasteiger partial charge in [0.25, 0.3) is 0 Å². The first-order valence-corrected chi connectivity index (χ1v) is 1.87. The summed E-state index contributed by atoms with van der Waals surface area (Å²) in [6.07, 6.45) is 0. The Balaban J connectivity index is 0.000000490. The van der Waals surface area contributed by atoms with Crippen LogP contribution in [0.25, 0.3) is 0 Å². The number of halogens is 1. The van der Waals surface area contributed by atoms with Crippen LogP contribution in [-0.2, 0) is 4.79 Å². The van der Waals surface area contributed by atoms with Crippen LogP contribution in [0.1, 0.15) is 0 Å². The summed E-state index contributed by atoms with van der Waals surface area (Å²) < 4.78 is 0. The smallest absolute Gasteiger partial charge is 0.321 e. The third-order valence-corrected chi connectivity index (χ3v) is 0.662. The Bertz CT molecular complexity index is 110. The number of carbonyl (C=O) groups excluding carboxylic acids is 2. The highest BCUT2D eigenvalue weighted by molar-refractivity contribution is 6.01. The standard InChI is InChI=1S/C3H4N2O2.ClH/c6-2-1-4-3(7)5-2;/h1H2,(H2,4,5,6,7);1H. The lowest BCUT2D eigenvalue weighted by Crippen LogP contribution is -2.22. The lowest BCUT2D eigenvalue weighted by Gasteiger charge is -1.78. The van der Waals surface area contributed by atoms with Gasteiger partial charge in [-0.3, -0.25) is 10.1 Å². The number of amides is 3. The molecule has 0 unspecified atom stereocenters. The van der Waals surface area contributed by atoms with Crippen molar-refractivity contribution in [1.29, 1.82) is 0 Å². The van der Waals surface area contributed by atoms with E-state index in [1.54, 1.807) is 0 Å². The molecule has 2 N–H and O–H groups in total. The average Bonchev–Trinajstić information content (AvgIpc) is 1.87. The van der Waals surface area contributed by atoms with E-state index >= 15 is 0 Å². The Morgan fingerprint density at radius 1 is 1.38 bits per heavy atom. The summed E-state index contributed by atoms with van der Waals surface area (Å²) in [5, 5.41) is 4.30. The quantitative estimate of drug-likeness (QED) is 0.431. The molecule has 0 aliphatic carbocycles. The van der Waals surface area contributed by atoms with Crippen molar-refractivity contribution in [2.75, 3.05) is 6.54 Å². The van der Waals surface area contributed by atoms with Crippen molar-refractivity contribution in [1.82, 2.24) is 10.6 Å². The van der Waals surface area contributed by atoms with Gasteiger partial charge < -0.3 is 5.32 Å². The molecular formula is C3H5ClN2O2. The summed E-state index contributed by atoms with van der Waals surface area (Å²) >= 11 is 0. The van der Waals surface area contributed by atoms with Crippen LogP contribution in [0.4, 0.5) is 4.79 Å². The highest BCUT2D eigenvalue weighted by atomic mass is 35.5. The van der Waals surface area contributed by atoms with Crippen LogP contribution in [0.15, 0.2) is 0 Å². The molecule has 0 bridgehead atoms. The molecule has 3 amide bonds. The predicted molar refractivity (Wildman–Crippen MR) is 28.8 cm³/mol. The van der Waals surface area contributed by atoms with E-state index in [0.717, 1.165) is 0 Å². The second-order valence-corrected chi connectivity index (χ2v) is 1.23. The number of nitrogens with one attached hydrogen (secondary N) is 2. The lowest BCUT2D eigenvalue weighted by atomic mass is 10.7. The zero-order valence-corrected chi connectivity index (χ0v) is 4.75. The molecule has 0 aromatic rings. The topological polar surface area (TPSA) is 58.2 Å². The monoisotopic (exact) mass is 136 g/mol. The van der Waals surface area contributed by atoms with Crippen LogP contribution in [-0.4, -0.2) is 18.5 Å². The van der Waals surface area contributed by atoms with E-state index < -0.39 is 6.03 Å². The summed E-state index contributed by atoms with van der Waals surface area (Å²) in [5.41, 5.74) is 0. The second kappa shape index (κ2) is 2.52. The van der Waals surface area contributed by atoms with Crippen LogP contribution < -0.4 is 10.6 Å². The van der Waals surface area contributed by atoms with Crippen molar-refractivity contribution in [3.05, 3.63) is 0 Å². The Morgan fingerprint density at radius 3 is 2.12 bits per heavy atom. The minimum atomic E-state index is -0.398. The molecule has 0 spiro atoms. The lowest BCUT2D eigenvalue weighted by molar-refractivity contribution is -0.117. The molecule has 0 aromatic carbocycles. The Morgan fingerprint density at radius 2 is 2.00 bits per heavy atom. The van der Waals surface area contributed by atoms with E-state index in [4.69, 9.17) is 0 Å². The van der Waals surface area contributed by atoms with Crippen molar-refractivity contribution in [2.45, 2.75) is 0 Å². The highest BCUT2D eigenvalue weighted by Crippen LogP contribution is 1.73. The summed E-state index contributed by atoms with van der Waals surface area (Å²) in [6.45, 7) is 0.124. The Kier molecular flexibility index (Phi) is 2.27. The van der Waals surface area contributed by atoms with E-state index in [1.165, 1.54) is 0 Å². The molecule has 0 atom stereocenters. The van der Waals surface area contributed by atoms with Gasteiger partial charge in [-0.25, -0.2) is 4.79 Å². The Hall–Kier alpha value is -0.770. The van der Waals surface area contributed by atoms with Crippen LogP contribution in [0.3, 0.4) is 0 Å². The predicted octanol–water partition coefficient (Wildman–Crippen LogP) is -0.752. The van der Waals surface area contributed by atoms with Crippen molar-refractivity contribution < 1.29 is 9.59 Å². The van der Waals surface area contributed by atoms with E-state index in [0.29, 0.717) is 0 Å². The third-order valence-electron chi connectivity index (χ3n) is 0.662. The van der Waals surface area contributed by atoms with Crippen LogP contribution in [0.2, 0.25) is 0 Å². The number of hydrogen-bond donors (Lipinski definition) is 2. The minimum Gasteiger partial charge on any atom is -0.329 e. The maximum atomic E-state index is 10.1. The molecule has 1 saturated heterocycles. The molecule has 1 heterocycles. The fourth-order valence-electron chi connectivity index (χ4n) is 0.376. The maximum absolute atomic E-state index is 10.1. The van der Waals surface area contributed by atoms with E-state index in [2.05, 4.69) is 5.32 Å². The largest absolute Gasteiger partial charge is 0.329 e. The van der Waals surface area contributed by atoms with Gasteiger partial charge in [-0.2, -0.15) is 0 Å². The molecule has 1 aliphatic rings. The number of hydrogen-bond acceptors (Lipinski definition) is 2. The fourth-order valence-corrected chi connectivity index (χ4v) is 0.376. The van der Waals surface area contributed by atoms with E-state index in [9.17, 15) is 9.59 Å². The first kappa shape index (κ1) is 7.23. The summed E-state index contributed by atoms with van der Waals surface area (Å²) in [4.78, 5) is 20.1. The van der Waals surface area contributed by atoms with Gasteiger partial charge >= 0.3 is 6.03 Å². The van der Waals surface area contributed by atoms with Crippen molar-refractivity contribution in [3.63, 3.8) is 0 Å². The number of imide groups is 1. The fraction of sp³-hybridized carbons (Fsp3) is 0.333. The van der Waals surface area contributed by atoms with Gasteiger partial charge in [0.05, 0.1) is 6.54 Å². The zero-order valence-electron chi connectivity index (χ0n) is 3.93. The summed E-state index contributed by atoms with van der Waals surface area (Å²) in [7, 11) is 0. The average molecular weight is 137 g/mol. The SMILES string of the molecule is Cl.O=C1CNC(=O)N1. The van der Waals surface area contributed by atoms with Gasteiger partial charge in [-0.15, -0.1) is 12.4 Å². The van der Waals surface area contributed by atoms with Gasteiger partial charge in [0, 0.05) is 0 Å². The van der Waals surface area contributed by atoms with Gasteiger partial charge in [-0.1, -0.05) is 0 Å². The molecule has 0 radical (unpaired) electrons. The zero-order chi connectivity index (χ0) is 5.28. The van der Waals surface area contributed by atoms with Crippen molar-refractivity contribution >= 4 is 24.3 Å². The Labute approximate surface area is 52.0 Å². The molecule has 0 saturated carbocycles. The summed E-state index contributed by atoms with van der Waals surface area (Å²) in [5.74, 6) is -0.259. The summed E-state index contributed by atoms with van der Waals surface area (Å²) in [6, 6.07) is -0.398. The molecule has 4 nitrogen and oxygen atoms in total. The number of carbonyl (C=O) groups is 2. The molecule has 1 aliphatic heterocycles. The second-order valence-electron chi connectivity index (χ2n) is 1.23. The van der Waals surface area contributed by atoms with Gasteiger partial charge in [0.1, 0.15) is 0 Å². The van der Waals surface area contributed by atoms with E-state index in [1.807, 2.05) is 5.32 Å². The van der Waals surface area contributed by atoms with Crippen LogP contribution in [0, 0.1) is 0 Å². The maximum Gasteiger partial charge on any atom is 0.321 e. The molecule has 1 rings (SSSR count). The normalized spacial score (nSPS) is 16.5. The van der Waals surface area contributed by atoms with Gasteiger partial charge in [0.2, 0.25) is 5.91 Å². The van der Waals surface area contributed by atoms with Crippen LogP contribution >= 0.6 is 12.4 Å². The first-order chi connectivity index (χ1) is 3.29. The van der Waals surface area contributed by atoms with Gasteiger partial charge in [0.15, 0.2) is 0 Å². The van der Waals surface area contributed by atoms with Gasteiger partial charge in [-0.05, 0) is 0 Å². The molecule has 46 valence electrons. The van der Waals surface area contributed by atoms with Crippen molar-refractivity contribution in [2.24, 2.45) is 0 Å². The molecule has 8 heavy (non-hydrogen) atoms. The molecule has 0 aromatic heterocycles. The van der Waals surface area contributed by atoms with Crippen molar-refractivity contribution in [3.8, 4) is 0 Å². The molecule has 1 fully saturated rings. The number of rotatable bonds is 0. The highest BCUT2D eigenvalue weighted by Gasteiger charge is 2.14.